The molecule has 1 N–H and O–H groups in total. The number of benzene rings is 2. The van der Waals surface area contributed by atoms with Gasteiger partial charge in [-0.25, -0.2) is 0 Å². The van der Waals surface area contributed by atoms with Gasteiger partial charge in [0.2, 0.25) is 5.91 Å². The third kappa shape index (κ3) is 4.44. The molecule has 1 aliphatic heterocycles. The summed E-state index contributed by atoms with van der Waals surface area (Å²) in [4.78, 5) is 12.9. The Bertz CT molecular complexity index is 845. The largest absolute Gasteiger partial charge is 0.494 e. The van der Waals surface area contributed by atoms with E-state index < -0.39 is 0 Å². The van der Waals surface area contributed by atoms with Crippen LogP contribution in [0.15, 0.2) is 48.5 Å². The van der Waals surface area contributed by atoms with E-state index in [4.69, 9.17) is 21.1 Å². The Morgan fingerprint density at radius 2 is 1.90 bits per heavy atom. The van der Waals surface area contributed by atoms with Gasteiger partial charge in [0.15, 0.2) is 0 Å². The molecule has 154 valence electrons. The van der Waals surface area contributed by atoms with Crippen LogP contribution < -0.4 is 10.1 Å². The van der Waals surface area contributed by atoms with Crippen LogP contribution in [0.2, 0.25) is 5.02 Å². The molecular weight excluding hydrogens is 386 g/mol. The molecule has 29 heavy (non-hydrogen) atoms. The Labute approximate surface area is 177 Å². The van der Waals surface area contributed by atoms with Crippen LogP contribution in [0.5, 0.6) is 5.75 Å². The number of halogens is 1. The number of carbonyl (C=O) groups excluding carboxylic acids is 1. The second kappa shape index (κ2) is 8.76. The van der Waals surface area contributed by atoms with Gasteiger partial charge in [0.05, 0.1) is 6.61 Å². The van der Waals surface area contributed by atoms with E-state index in [0.29, 0.717) is 13.2 Å². The molecule has 4 nitrogen and oxygen atoms in total. The van der Waals surface area contributed by atoms with Crippen LogP contribution in [0.25, 0.3) is 0 Å². The molecule has 1 saturated heterocycles. The fourth-order valence-corrected chi connectivity index (χ4v) is 4.67. The van der Waals surface area contributed by atoms with Gasteiger partial charge in [0.1, 0.15) is 5.75 Å². The maximum Gasteiger partial charge on any atom is 0.223 e. The first-order chi connectivity index (χ1) is 14.1. The molecule has 4 rings (SSSR count). The summed E-state index contributed by atoms with van der Waals surface area (Å²) in [5.41, 5.74) is 2.23. The zero-order chi connectivity index (χ0) is 20.3. The van der Waals surface area contributed by atoms with Crippen LogP contribution in [-0.4, -0.2) is 32.3 Å². The Morgan fingerprint density at radius 1 is 1.17 bits per heavy atom. The van der Waals surface area contributed by atoms with Crippen molar-refractivity contribution in [3.8, 4) is 5.75 Å². The summed E-state index contributed by atoms with van der Waals surface area (Å²) in [5.74, 6) is 1.27. The van der Waals surface area contributed by atoms with Gasteiger partial charge < -0.3 is 14.8 Å². The molecule has 2 unspecified atom stereocenters. The zero-order valence-electron chi connectivity index (χ0n) is 16.8. The van der Waals surface area contributed by atoms with Crippen molar-refractivity contribution in [1.82, 2.24) is 5.32 Å². The fourth-order valence-electron chi connectivity index (χ4n) is 4.39. The van der Waals surface area contributed by atoms with Crippen LogP contribution in [0.3, 0.4) is 0 Å². The van der Waals surface area contributed by atoms with Crippen LogP contribution in [0.1, 0.15) is 43.2 Å². The molecule has 0 radical (unpaired) electrons. The minimum Gasteiger partial charge on any atom is -0.494 e. The number of hydrogen-bond acceptors (Lipinski definition) is 3. The highest BCUT2D eigenvalue weighted by Gasteiger charge is 2.45. The lowest BCUT2D eigenvalue weighted by molar-refractivity contribution is -0.122. The third-order valence-electron chi connectivity index (χ3n) is 6.26. The van der Waals surface area contributed by atoms with E-state index >= 15 is 0 Å². The summed E-state index contributed by atoms with van der Waals surface area (Å²) < 4.78 is 11.2. The zero-order valence-corrected chi connectivity index (χ0v) is 17.6. The van der Waals surface area contributed by atoms with Crippen LogP contribution >= 0.6 is 11.6 Å². The number of carbonyl (C=O) groups is 1. The quantitative estimate of drug-likeness (QED) is 0.715. The molecule has 2 fully saturated rings. The highest BCUT2D eigenvalue weighted by molar-refractivity contribution is 6.31. The summed E-state index contributed by atoms with van der Waals surface area (Å²) in [7, 11) is 0. The number of hydrogen-bond donors (Lipinski definition) is 1. The predicted octanol–water partition coefficient (Wildman–Crippen LogP) is 4.71. The van der Waals surface area contributed by atoms with Gasteiger partial charge >= 0.3 is 0 Å². The fraction of sp³-hybridized carbons (Fsp3) is 0.458. The molecule has 0 aromatic heterocycles. The first kappa shape index (κ1) is 20.2. The van der Waals surface area contributed by atoms with Crippen molar-refractivity contribution in [2.45, 2.75) is 37.5 Å². The lowest BCUT2D eigenvalue weighted by atomic mass is 9.74. The van der Waals surface area contributed by atoms with Gasteiger partial charge in [-0.1, -0.05) is 41.9 Å². The van der Waals surface area contributed by atoms with Gasteiger partial charge in [0, 0.05) is 36.1 Å². The molecule has 2 aliphatic rings. The summed E-state index contributed by atoms with van der Waals surface area (Å²) in [6.07, 6.45) is 2.68. The van der Waals surface area contributed by atoms with Crippen molar-refractivity contribution < 1.29 is 14.3 Å². The average Bonchev–Trinajstić information content (AvgIpc) is 3.55. The van der Waals surface area contributed by atoms with Gasteiger partial charge in [0.25, 0.3) is 0 Å². The van der Waals surface area contributed by atoms with Crippen molar-refractivity contribution >= 4 is 17.5 Å². The topological polar surface area (TPSA) is 47.6 Å². The normalized spacial score (nSPS) is 22.7. The molecule has 5 heteroatoms. The Hall–Kier alpha value is -2.04. The van der Waals surface area contributed by atoms with E-state index in [9.17, 15) is 4.79 Å². The van der Waals surface area contributed by atoms with E-state index in [2.05, 4.69) is 17.4 Å². The van der Waals surface area contributed by atoms with E-state index in [1.54, 1.807) is 0 Å². The molecule has 0 bridgehead atoms. The van der Waals surface area contributed by atoms with Gasteiger partial charge in [-0.05, 0) is 61.4 Å². The average molecular weight is 414 g/mol. The van der Waals surface area contributed by atoms with Gasteiger partial charge in [-0.2, -0.15) is 0 Å². The summed E-state index contributed by atoms with van der Waals surface area (Å²) in [6, 6.07) is 16.1. The first-order valence-corrected chi connectivity index (χ1v) is 10.8. The van der Waals surface area contributed by atoms with Crippen molar-refractivity contribution in [3.63, 3.8) is 0 Å². The first-order valence-electron chi connectivity index (χ1n) is 10.5. The minimum absolute atomic E-state index is 0.0205. The second-order valence-corrected chi connectivity index (χ2v) is 8.45. The van der Waals surface area contributed by atoms with Gasteiger partial charge in [-0.15, -0.1) is 0 Å². The van der Waals surface area contributed by atoms with Crippen LogP contribution in [0, 0.1) is 5.92 Å². The smallest absolute Gasteiger partial charge is 0.223 e. The highest BCUT2D eigenvalue weighted by Crippen LogP contribution is 2.49. The maximum atomic E-state index is 12.9. The number of ether oxygens (including phenoxy) is 2. The number of rotatable bonds is 7. The number of amides is 1. The minimum atomic E-state index is -0.0898. The molecule has 1 aliphatic carbocycles. The lowest BCUT2D eigenvalue weighted by Crippen LogP contribution is -2.45. The van der Waals surface area contributed by atoms with Crippen LogP contribution in [0.4, 0.5) is 0 Å². The van der Waals surface area contributed by atoms with E-state index in [1.165, 1.54) is 5.56 Å². The van der Waals surface area contributed by atoms with Crippen molar-refractivity contribution in [3.05, 3.63) is 64.7 Å². The molecule has 1 heterocycles. The van der Waals surface area contributed by atoms with Crippen molar-refractivity contribution in [1.29, 1.82) is 0 Å². The molecular formula is C24H28ClNO3. The Kier molecular flexibility index (Phi) is 6.12. The highest BCUT2D eigenvalue weighted by atomic mass is 35.5. The third-order valence-corrected chi connectivity index (χ3v) is 6.60. The molecule has 2 aromatic rings. The van der Waals surface area contributed by atoms with E-state index in [0.717, 1.165) is 48.8 Å². The SMILES string of the molecule is CCOc1ccc(C2(CNC(=O)C3CC3c3ccccc3Cl)CCOCC2)cc1. The summed E-state index contributed by atoms with van der Waals surface area (Å²) in [5, 5.41) is 4.00. The molecule has 0 spiro atoms. The molecule has 1 saturated carbocycles. The van der Waals surface area contributed by atoms with Gasteiger partial charge in [-0.3, -0.25) is 4.79 Å². The Balaban J connectivity index is 1.42. The monoisotopic (exact) mass is 413 g/mol. The molecule has 2 atom stereocenters. The standard InChI is InChI=1S/C24H28ClNO3/c1-2-29-18-9-7-17(8-10-18)24(11-13-28-14-12-24)16-26-23(27)21-15-20(21)19-5-3-4-6-22(19)25/h3-10,20-21H,2,11-16H2,1H3,(H,26,27). The predicted molar refractivity (Wildman–Crippen MR) is 115 cm³/mol. The van der Waals surface area contributed by atoms with Crippen LogP contribution in [-0.2, 0) is 14.9 Å². The lowest BCUT2D eigenvalue weighted by Gasteiger charge is -2.38. The van der Waals surface area contributed by atoms with Crippen molar-refractivity contribution in [2.75, 3.05) is 26.4 Å². The number of nitrogens with one attached hydrogen (secondary N) is 1. The van der Waals surface area contributed by atoms with E-state index in [-0.39, 0.29) is 23.2 Å². The van der Waals surface area contributed by atoms with Crippen molar-refractivity contribution in [2.24, 2.45) is 5.92 Å². The molecule has 2 aromatic carbocycles. The molecule has 1 amide bonds. The van der Waals surface area contributed by atoms with E-state index in [1.807, 2.05) is 43.3 Å². The second-order valence-electron chi connectivity index (χ2n) is 8.04. The maximum absolute atomic E-state index is 12.9. The Morgan fingerprint density at radius 3 is 2.59 bits per heavy atom. The summed E-state index contributed by atoms with van der Waals surface area (Å²) in [6.45, 7) is 4.71. The summed E-state index contributed by atoms with van der Waals surface area (Å²) >= 11 is 6.31.